The lowest BCUT2D eigenvalue weighted by Gasteiger charge is -2.29. The van der Waals surface area contributed by atoms with E-state index in [0.29, 0.717) is 22.5 Å². The maximum Gasteiger partial charge on any atom is 0.573 e. The standard InChI is InChI=1S/C20H22F3N5O3/c1-19(11-29,13-6-4-7-14(9-13)31-20(21,22)23)28-17-26-15-8-3-5-12(16(15)27-17)10-25-18(30)24-2/h3-9,29H,10-11H2,1-2H3,(H2,24,25,30)(H2,26,27,28). The van der Waals surface area contributed by atoms with Crippen molar-refractivity contribution in [2.45, 2.75) is 25.4 Å². The fourth-order valence-electron chi connectivity index (χ4n) is 3.06. The monoisotopic (exact) mass is 437 g/mol. The van der Waals surface area contributed by atoms with E-state index in [1.54, 1.807) is 25.1 Å². The minimum atomic E-state index is -4.82. The number of aliphatic hydroxyl groups is 1. The first kappa shape index (κ1) is 22.2. The molecule has 8 nitrogen and oxygen atoms in total. The molecular formula is C20H22F3N5O3. The van der Waals surface area contributed by atoms with Gasteiger partial charge in [0, 0.05) is 13.6 Å². The molecule has 0 aliphatic rings. The van der Waals surface area contributed by atoms with Gasteiger partial charge in [-0.15, -0.1) is 13.2 Å². The zero-order valence-electron chi connectivity index (χ0n) is 16.8. The van der Waals surface area contributed by atoms with Crippen molar-refractivity contribution in [1.29, 1.82) is 0 Å². The Hall–Kier alpha value is -3.47. The lowest BCUT2D eigenvalue weighted by atomic mass is 9.93. The second-order valence-corrected chi connectivity index (χ2v) is 7.02. The number of para-hydroxylation sites is 1. The Balaban J connectivity index is 1.87. The van der Waals surface area contributed by atoms with E-state index in [4.69, 9.17) is 0 Å². The van der Waals surface area contributed by atoms with Crippen LogP contribution in [0, 0.1) is 0 Å². The molecule has 2 amide bonds. The van der Waals surface area contributed by atoms with Gasteiger partial charge in [-0.2, -0.15) is 0 Å². The van der Waals surface area contributed by atoms with Gasteiger partial charge in [0.15, 0.2) is 0 Å². The van der Waals surface area contributed by atoms with Gasteiger partial charge in [-0.05, 0) is 36.2 Å². The van der Waals surface area contributed by atoms with Crippen LogP contribution >= 0.6 is 0 Å². The molecule has 1 heterocycles. The number of hydrogen-bond acceptors (Lipinski definition) is 5. The number of hydrogen-bond donors (Lipinski definition) is 5. The van der Waals surface area contributed by atoms with Crippen LogP contribution in [0.2, 0.25) is 0 Å². The number of ether oxygens (including phenoxy) is 1. The van der Waals surface area contributed by atoms with Crippen molar-refractivity contribution in [1.82, 2.24) is 20.6 Å². The van der Waals surface area contributed by atoms with Gasteiger partial charge in [-0.25, -0.2) is 9.78 Å². The van der Waals surface area contributed by atoms with E-state index in [-0.39, 0.29) is 12.6 Å². The van der Waals surface area contributed by atoms with Crippen LogP contribution < -0.4 is 20.7 Å². The fourth-order valence-corrected chi connectivity index (χ4v) is 3.06. The number of fused-ring (bicyclic) bond motifs is 1. The molecule has 0 aliphatic heterocycles. The predicted octanol–water partition coefficient (Wildman–Crippen LogP) is 3.21. The lowest BCUT2D eigenvalue weighted by Crippen LogP contribution is -2.36. The molecule has 31 heavy (non-hydrogen) atoms. The van der Waals surface area contributed by atoms with Gasteiger partial charge in [0.2, 0.25) is 5.95 Å². The summed E-state index contributed by atoms with van der Waals surface area (Å²) in [7, 11) is 1.51. The van der Waals surface area contributed by atoms with Crippen molar-refractivity contribution in [3.8, 4) is 5.75 Å². The van der Waals surface area contributed by atoms with Gasteiger partial charge in [0.05, 0.1) is 23.2 Å². The van der Waals surface area contributed by atoms with Gasteiger partial charge in [0.25, 0.3) is 0 Å². The van der Waals surface area contributed by atoms with Crippen LogP contribution in [0.15, 0.2) is 42.5 Å². The van der Waals surface area contributed by atoms with Gasteiger partial charge in [-0.1, -0.05) is 24.3 Å². The summed E-state index contributed by atoms with van der Waals surface area (Å²) in [6.45, 7) is 1.45. The van der Waals surface area contributed by atoms with Crippen molar-refractivity contribution >= 4 is 23.0 Å². The number of aliphatic hydroxyl groups excluding tert-OH is 1. The molecule has 0 bridgehead atoms. The van der Waals surface area contributed by atoms with Crippen LogP contribution in [0.4, 0.5) is 23.9 Å². The number of nitrogens with zero attached hydrogens (tertiary/aromatic N) is 1. The van der Waals surface area contributed by atoms with Gasteiger partial charge < -0.3 is 30.8 Å². The second-order valence-electron chi connectivity index (χ2n) is 7.02. The van der Waals surface area contributed by atoms with Crippen LogP contribution in [-0.4, -0.2) is 41.1 Å². The number of nitrogens with one attached hydrogen (secondary N) is 4. The number of amides is 2. The van der Waals surface area contributed by atoms with Crippen LogP contribution in [0.3, 0.4) is 0 Å². The maximum atomic E-state index is 12.6. The largest absolute Gasteiger partial charge is 0.573 e. The Kier molecular flexibility index (Phi) is 6.25. The number of H-pyrrole nitrogens is 1. The van der Waals surface area contributed by atoms with Crippen molar-refractivity contribution in [3.05, 3.63) is 53.6 Å². The van der Waals surface area contributed by atoms with Crippen LogP contribution in [-0.2, 0) is 12.1 Å². The molecule has 166 valence electrons. The van der Waals surface area contributed by atoms with E-state index in [2.05, 4.69) is 30.7 Å². The third-order valence-electron chi connectivity index (χ3n) is 4.68. The fraction of sp³-hybridized carbons (Fsp3) is 0.300. The predicted molar refractivity (Wildman–Crippen MR) is 109 cm³/mol. The summed E-state index contributed by atoms with van der Waals surface area (Å²) in [5, 5.41) is 18.2. The van der Waals surface area contributed by atoms with Crippen molar-refractivity contribution < 1.29 is 27.8 Å². The third kappa shape index (κ3) is 5.37. The number of carbonyl (C=O) groups excluding carboxylic acids is 1. The first-order valence-electron chi connectivity index (χ1n) is 9.32. The van der Waals surface area contributed by atoms with E-state index in [9.17, 15) is 23.1 Å². The lowest BCUT2D eigenvalue weighted by molar-refractivity contribution is -0.274. The second kappa shape index (κ2) is 8.72. The maximum absolute atomic E-state index is 12.6. The van der Waals surface area contributed by atoms with E-state index in [1.807, 2.05) is 6.07 Å². The zero-order valence-corrected chi connectivity index (χ0v) is 16.8. The highest BCUT2D eigenvalue weighted by Crippen LogP contribution is 2.31. The number of aromatic nitrogens is 2. The minimum absolute atomic E-state index is 0.245. The molecule has 0 saturated carbocycles. The van der Waals surface area contributed by atoms with E-state index >= 15 is 0 Å². The average Bonchev–Trinajstić information content (AvgIpc) is 3.13. The third-order valence-corrected chi connectivity index (χ3v) is 4.68. The smallest absolute Gasteiger partial charge is 0.406 e. The Bertz CT molecular complexity index is 1070. The van der Waals surface area contributed by atoms with Crippen molar-refractivity contribution in [2.75, 3.05) is 19.0 Å². The highest BCUT2D eigenvalue weighted by molar-refractivity contribution is 5.82. The molecule has 0 fully saturated rings. The van der Waals surface area contributed by atoms with Crippen molar-refractivity contribution in [3.63, 3.8) is 0 Å². The number of rotatable bonds is 7. The zero-order chi connectivity index (χ0) is 22.6. The average molecular weight is 437 g/mol. The van der Waals surface area contributed by atoms with E-state index in [0.717, 1.165) is 5.56 Å². The van der Waals surface area contributed by atoms with E-state index in [1.165, 1.54) is 25.2 Å². The Labute approximate surface area is 175 Å². The van der Waals surface area contributed by atoms with Gasteiger partial charge in [0.1, 0.15) is 5.75 Å². The number of imidazole rings is 1. The molecule has 1 atom stereocenters. The summed E-state index contributed by atoms with van der Waals surface area (Å²) in [5.41, 5.74) is 1.28. The summed E-state index contributed by atoms with van der Waals surface area (Å²) < 4.78 is 41.7. The number of urea groups is 1. The summed E-state index contributed by atoms with van der Waals surface area (Å²) >= 11 is 0. The summed E-state index contributed by atoms with van der Waals surface area (Å²) in [5.74, 6) is -0.0836. The molecule has 0 aliphatic carbocycles. The number of halogens is 3. The van der Waals surface area contributed by atoms with Crippen molar-refractivity contribution in [2.24, 2.45) is 0 Å². The normalized spacial score (nSPS) is 13.5. The highest BCUT2D eigenvalue weighted by Gasteiger charge is 2.33. The quantitative estimate of drug-likeness (QED) is 0.390. The molecule has 3 aromatic rings. The first-order chi connectivity index (χ1) is 14.6. The Morgan fingerprint density at radius 3 is 2.65 bits per heavy atom. The number of benzene rings is 2. The summed E-state index contributed by atoms with van der Waals surface area (Å²) in [4.78, 5) is 19.0. The molecule has 0 radical (unpaired) electrons. The topological polar surface area (TPSA) is 111 Å². The molecule has 0 spiro atoms. The molecule has 2 aromatic carbocycles. The van der Waals surface area contributed by atoms with E-state index < -0.39 is 24.3 Å². The number of carbonyl (C=O) groups is 1. The summed E-state index contributed by atoms with van der Waals surface area (Å²) in [6.07, 6.45) is -4.82. The molecule has 5 N–H and O–H groups in total. The first-order valence-corrected chi connectivity index (χ1v) is 9.32. The highest BCUT2D eigenvalue weighted by atomic mass is 19.4. The van der Waals surface area contributed by atoms with Crippen LogP contribution in [0.25, 0.3) is 11.0 Å². The Morgan fingerprint density at radius 1 is 1.23 bits per heavy atom. The number of alkyl halides is 3. The van der Waals surface area contributed by atoms with Crippen LogP contribution in [0.5, 0.6) is 5.75 Å². The summed E-state index contributed by atoms with van der Waals surface area (Å²) in [6, 6.07) is 10.5. The number of aromatic amines is 1. The molecule has 3 rings (SSSR count). The molecular weight excluding hydrogens is 415 g/mol. The molecule has 1 unspecified atom stereocenters. The molecule has 1 aromatic heterocycles. The number of anilines is 1. The van der Waals surface area contributed by atoms with Crippen LogP contribution in [0.1, 0.15) is 18.1 Å². The molecule has 0 saturated heterocycles. The minimum Gasteiger partial charge on any atom is -0.406 e. The van der Waals surface area contributed by atoms with Gasteiger partial charge in [-0.3, -0.25) is 0 Å². The SMILES string of the molecule is CNC(=O)NCc1cccc2[nH]c(NC(C)(CO)c3cccc(OC(F)(F)F)c3)nc12. The van der Waals surface area contributed by atoms with Gasteiger partial charge >= 0.3 is 12.4 Å². The molecule has 11 heteroatoms. The Morgan fingerprint density at radius 2 is 1.97 bits per heavy atom.